The van der Waals surface area contributed by atoms with Gasteiger partial charge in [0.1, 0.15) is 5.75 Å². The van der Waals surface area contributed by atoms with Crippen molar-refractivity contribution in [3.63, 3.8) is 0 Å². The van der Waals surface area contributed by atoms with Crippen LogP contribution in [0.15, 0.2) is 23.0 Å². The van der Waals surface area contributed by atoms with Gasteiger partial charge in [-0.3, -0.25) is 9.78 Å². The van der Waals surface area contributed by atoms with E-state index in [1.807, 2.05) is 19.1 Å². The van der Waals surface area contributed by atoms with Crippen molar-refractivity contribution in [2.24, 2.45) is 0 Å². The number of anilines is 1. The fourth-order valence-electron chi connectivity index (χ4n) is 2.06. The molecule has 0 saturated carbocycles. The van der Waals surface area contributed by atoms with Crippen LogP contribution in [0.2, 0.25) is 0 Å². The molecule has 6 heteroatoms. The number of rotatable bonds is 4. The maximum absolute atomic E-state index is 11.9. The average Bonchev–Trinajstić information content (AvgIpc) is 2.36. The zero-order valence-electron chi connectivity index (χ0n) is 11.4. The van der Waals surface area contributed by atoms with Crippen LogP contribution in [-0.2, 0) is 6.42 Å². The van der Waals surface area contributed by atoms with Gasteiger partial charge in [-0.2, -0.15) is 0 Å². The molecule has 106 valence electrons. The first-order valence-electron chi connectivity index (χ1n) is 6.19. The monoisotopic (exact) mass is 275 g/mol. The number of ether oxygens (including phenoxy) is 1. The molecule has 4 N–H and O–H groups in total. The summed E-state index contributed by atoms with van der Waals surface area (Å²) in [5.74, 6) is 0.717. The zero-order chi connectivity index (χ0) is 14.7. The third kappa shape index (κ3) is 2.97. The van der Waals surface area contributed by atoms with Crippen LogP contribution in [0.5, 0.6) is 5.75 Å². The van der Waals surface area contributed by atoms with Gasteiger partial charge in [0.2, 0.25) is 5.95 Å². The zero-order valence-corrected chi connectivity index (χ0v) is 11.4. The minimum absolute atomic E-state index is 0.125. The molecule has 0 spiro atoms. The van der Waals surface area contributed by atoms with Crippen molar-refractivity contribution in [2.45, 2.75) is 20.3 Å². The summed E-state index contributed by atoms with van der Waals surface area (Å²) in [4.78, 5) is 18.5. The molecule has 0 aliphatic rings. The lowest BCUT2D eigenvalue weighted by atomic mass is 10.0. The summed E-state index contributed by atoms with van der Waals surface area (Å²) >= 11 is 0. The van der Waals surface area contributed by atoms with Crippen molar-refractivity contribution >= 4 is 5.95 Å². The lowest BCUT2D eigenvalue weighted by Gasteiger charge is -2.10. The Bertz CT molecular complexity index is 680. The summed E-state index contributed by atoms with van der Waals surface area (Å²) in [5, 5.41) is 8.73. The quantitative estimate of drug-likeness (QED) is 0.719. The van der Waals surface area contributed by atoms with Crippen LogP contribution < -0.4 is 16.0 Å². The van der Waals surface area contributed by atoms with Crippen molar-refractivity contribution < 1.29 is 9.84 Å². The number of aliphatic hydroxyl groups is 1. The Hall–Kier alpha value is -2.34. The number of benzene rings is 1. The van der Waals surface area contributed by atoms with Gasteiger partial charge in [-0.1, -0.05) is 6.07 Å². The van der Waals surface area contributed by atoms with E-state index in [1.54, 1.807) is 13.0 Å². The van der Waals surface area contributed by atoms with Gasteiger partial charge in [-0.05, 0) is 37.1 Å². The van der Waals surface area contributed by atoms with E-state index in [2.05, 4.69) is 9.97 Å². The minimum Gasteiger partial charge on any atom is -0.468 e. The number of H-pyrrole nitrogens is 1. The number of nitrogens with two attached hydrogens (primary N) is 1. The molecular weight excluding hydrogens is 258 g/mol. The SMILES string of the molecule is Cc1cc(OCO)ccc1Cc1c(C)nc(N)[nH]c1=O. The molecule has 2 aromatic rings. The molecule has 1 aromatic carbocycles. The van der Waals surface area contributed by atoms with Crippen molar-refractivity contribution in [2.75, 3.05) is 12.5 Å². The number of hydrogen-bond donors (Lipinski definition) is 3. The number of nitrogens with one attached hydrogen (secondary N) is 1. The van der Waals surface area contributed by atoms with Gasteiger partial charge in [0, 0.05) is 12.0 Å². The molecule has 0 bridgehead atoms. The van der Waals surface area contributed by atoms with E-state index < -0.39 is 0 Å². The van der Waals surface area contributed by atoms with Crippen LogP contribution in [0, 0.1) is 13.8 Å². The van der Waals surface area contributed by atoms with E-state index in [9.17, 15) is 4.79 Å². The molecule has 1 heterocycles. The number of nitrogen functional groups attached to an aromatic ring is 1. The lowest BCUT2D eigenvalue weighted by Crippen LogP contribution is -2.19. The molecule has 0 radical (unpaired) electrons. The molecule has 0 aliphatic heterocycles. The lowest BCUT2D eigenvalue weighted by molar-refractivity contribution is 0.0985. The highest BCUT2D eigenvalue weighted by Gasteiger charge is 2.10. The fraction of sp³-hybridized carbons (Fsp3) is 0.286. The van der Waals surface area contributed by atoms with Gasteiger partial charge in [0.25, 0.3) is 5.56 Å². The van der Waals surface area contributed by atoms with Crippen LogP contribution >= 0.6 is 0 Å². The second-order valence-electron chi connectivity index (χ2n) is 4.55. The van der Waals surface area contributed by atoms with Crippen LogP contribution in [-0.4, -0.2) is 21.9 Å². The molecule has 0 fully saturated rings. The Morgan fingerprint density at radius 1 is 1.40 bits per heavy atom. The number of aromatic nitrogens is 2. The minimum atomic E-state index is -0.362. The van der Waals surface area contributed by atoms with Gasteiger partial charge in [-0.15, -0.1) is 0 Å². The van der Waals surface area contributed by atoms with E-state index in [0.717, 1.165) is 11.1 Å². The highest BCUT2D eigenvalue weighted by Crippen LogP contribution is 2.19. The Kier molecular flexibility index (Phi) is 4.05. The molecule has 1 aromatic heterocycles. The Morgan fingerprint density at radius 3 is 2.75 bits per heavy atom. The van der Waals surface area contributed by atoms with Gasteiger partial charge >= 0.3 is 0 Å². The summed E-state index contributed by atoms with van der Waals surface area (Å²) in [6.45, 7) is 3.33. The molecule has 2 rings (SSSR count). The molecule has 0 unspecified atom stereocenters. The number of aromatic amines is 1. The fourth-order valence-corrected chi connectivity index (χ4v) is 2.06. The molecule has 0 atom stereocenters. The van der Waals surface area contributed by atoms with Gasteiger partial charge in [0.05, 0.1) is 5.69 Å². The standard InChI is InChI=1S/C14H17N3O3/c1-8-5-11(20-7-18)4-3-10(8)6-12-9(2)16-14(15)17-13(12)19/h3-5,18H,6-7H2,1-2H3,(H3,15,16,17,19). The topological polar surface area (TPSA) is 101 Å². The predicted molar refractivity (Wildman–Crippen MR) is 75.7 cm³/mol. The third-order valence-electron chi connectivity index (χ3n) is 3.15. The maximum Gasteiger partial charge on any atom is 0.256 e. The maximum atomic E-state index is 11.9. The van der Waals surface area contributed by atoms with E-state index >= 15 is 0 Å². The third-order valence-corrected chi connectivity index (χ3v) is 3.15. The van der Waals surface area contributed by atoms with Crippen LogP contribution in [0.3, 0.4) is 0 Å². The normalized spacial score (nSPS) is 10.6. The van der Waals surface area contributed by atoms with E-state index in [1.165, 1.54) is 0 Å². The number of aliphatic hydroxyl groups excluding tert-OH is 1. The van der Waals surface area contributed by atoms with Crippen molar-refractivity contribution in [3.8, 4) is 5.75 Å². The summed E-state index contributed by atoms with van der Waals surface area (Å²) in [6, 6.07) is 5.45. The summed E-state index contributed by atoms with van der Waals surface area (Å²) in [5.41, 5.74) is 8.48. The first kappa shape index (κ1) is 14.1. The first-order chi connectivity index (χ1) is 9.51. The van der Waals surface area contributed by atoms with Crippen molar-refractivity contribution in [1.29, 1.82) is 0 Å². The molecular formula is C14H17N3O3. The van der Waals surface area contributed by atoms with Crippen LogP contribution in [0.25, 0.3) is 0 Å². The Labute approximate surface area is 116 Å². The molecule has 6 nitrogen and oxygen atoms in total. The van der Waals surface area contributed by atoms with Crippen molar-refractivity contribution in [3.05, 3.63) is 50.9 Å². The van der Waals surface area contributed by atoms with Crippen molar-refractivity contribution in [1.82, 2.24) is 9.97 Å². The Morgan fingerprint density at radius 2 is 2.15 bits per heavy atom. The predicted octanol–water partition coefficient (Wildman–Crippen LogP) is 0.888. The van der Waals surface area contributed by atoms with E-state index in [-0.39, 0.29) is 18.3 Å². The number of hydrogen-bond acceptors (Lipinski definition) is 5. The second kappa shape index (κ2) is 5.75. The molecule has 0 saturated heterocycles. The molecule has 0 aliphatic carbocycles. The summed E-state index contributed by atoms with van der Waals surface area (Å²) < 4.78 is 5.01. The highest BCUT2D eigenvalue weighted by atomic mass is 16.6. The smallest absolute Gasteiger partial charge is 0.256 e. The second-order valence-corrected chi connectivity index (χ2v) is 4.55. The summed E-state index contributed by atoms with van der Waals surface area (Å²) in [6.07, 6.45) is 0.472. The van der Waals surface area contributed by atoms with Crippen LogP contribution in [0.4, 0.5) is 5.95 Å². The van der Waals surface area contributed by atoms with Crippen LogP contribution in [0.1, 0.15) is 22.4 Å². The number of nitrogens with zero attached hydrogens (tertiary/aromatic N) is 1. The molecule has 20 heavy (non-hydrogen) atoms. The summed E-state index contributed by atoms with van der Waals surface area (Å²) in [7, 11) is 0. The van der Waals surface area contributed by atoms with Gasteiger partial charge < -0.3 is 15.6 Å². The highest BCUT2D eigenvalue weighted by molar-refractivity contribution is 5.38. The van der Waals surface area contributed by atoms with E-state index in [0.29, 0.717) is 23.4 Å². The molecule has 0 amide bonds. The van der Waals surface area contributed by atoms with Gasteiger partial charge in [0.15, 0.2) is 6.79 Å². The largest absolute Gasteiger partial charge is 0.468 e. The first-order valence-corrected chi connectivity index (χ1v) is 6.19. The number of aryl methyl sites for hydroxylation is 2. The van der Waals surface area contributed by atoms with E-state index in [4.69, 9.17) is 15.6 Å². The Balaban J connectivity index is 2.33. The van der Waals surface area contributed by atoms with Gasteiger partial charge in [-0.25, -0.2) is 4.98 Å². The average molecular weight is 275 g/mol.